The van der Waals surface area contributed by atoms with Crippen LogP contribution < -0.4 is 10.5 Å². The minimum atomic E-state index is -4.07. The maximum atomic E-state index is 13.7. The Morgan fingerprint density at radius 2 is 1.90 bits per heavy atom. The SMILES string of the molecule is NCc1cc(S(=O)(=O)Nc2cccc(Cl)c2F)ccc1F. The summed E-state index contributed by atoms with van der Waals surface area (Å²) in [7, 11) is -4.07. The Morgan fingerprint density at radius 1 is 1.19 bits per heavy atom. The standard InChI is InChI=1S/C13H11ClF2N2O2S/c14-10-2-1-3-12(13(10)16)18-21(19,20)9-4-5-11(15)8(6-9)7-17/h1-6,18H,7,17H2. The lowest BCUT2D eigenvalue weighted by molar-refractivity contribution is 0.594. The number of halogens is 3. The van der Waals surface area contributed by atoms with Crippen molar-refractivity contribution in [2.45, 2.75) is 11.4 Å². The van der Waals surface area contributed by atoms with E-state index in [0.29, 0.717) is 0 Å². The van der Waals surface area contributed by atoms with Crippen LogP contribution in [0.1, 0.15) is 5.56 Å². The van der Waals surface area contributed by atoms with Crippen LogP contribution in [0.4, 0.5) is 14.5 Å². The second kappa shape index (κ2) is 5.97. The van der Waals surface area contributed by atoms with Crippen LogP contribution in [0.3, 0.4) is 0 Å². The van der Waals surface area contributed by atoms with Crippen LogP contribution in [0.25, 0.3) is 0 Å². The van der Waals surface area contributed by atoms with E-state index < -0.39 is 21.7 Å². The number of nitrogens with one attached hydrogen (secondary N) is 1. The third-order valence-electron chi connectivity index (χ3n) is 2.74. The molecule has 0 heterocycles. The zero-order valence-corrected chi connectivity index (χ0v) is 12.2. The van der Waals surface area contributed by atoms with E-state index in [1.54, 1.807) is 0 Å². The van der Waals surface area contributed by atoms with E-state index in [4.69, 9.17) is 17.3 Å². The van der Waals surface area contributed by atoms with Crippen LogP contribution in [-0.2, 0) is 16.6 Å². The van der Waals surface area contributed by atoms with E-state index in [2.05, 4.69) is 4.72 Å². The van der Waals surface area contributed by atoms with Gasteiger partial charge < -0.3 is 5.73 Å². The molecule has 8 heteroatoms. The molecule has 0 bridgehead atoms. The summed E-state index contributed by atoms with van der Waals surface area (Å²) in [6, 6.07) is 7.08. The van der Waals surface area contributed by atoms with Crippen molar-refractivity contribution in [1.29, 1.82) is 0 Å². The number of benzene rings is 2. The highest BCUT2D eigenvalue weighted by Crippen LogP contribution is 2.25. The molecule has 0 radical (unpaired) electrons. The van der Waals surface area contributed by atoms with Gasteiger partial charge >= 0.3 is 0 Å². The summed E-state index contributed by atoms with van der Waals surface area (Å²) >= 11 is 5.58. The normalized spacial score (nSPS) is 11.4. The first kappa shape index (κ1) is 15.7. The Bertz CT molecular complexity index is 782. The molecule has 0 aliphatic carbocycles. The van der Waals surface area contributed by atoms with E-state index in [0.717, 1.165) is 18.2 Å². The number of nitrogens with two attached hydrogens (primary N) is 1. The van der Waals surface area contributed by atoms with Crippen molar-refractivity contribution in [3.8, 4) is 0 Å². The maximum Gasteiger partial charge on any atom is 0.262 e. The highest BCUT2D eigenvalue weighted by Gasteiger charge is 2.18. The minimum absolute atomic E-state index is 0.0458. The van der Waals surface area contributed by atoms with Gasteiger partial charge in [-0.25, -0.2) is 17.2 Å². The van der Waals surface area contributed by atoms with Crippen LogP contribution in [0, 0.1) is 11.6 Å². The highest BCUT2D eigenvalue weighted by atomic mass is 35.5. The quantitative estimate of drug-likeness (QED) is 0.904. The van der Waals surface area contributed by atoms with Crippen molar-refractivity contribution in [3.63, 3.8) is 0 Å². The summed E-state index contributed by atoms with van der Waals surface area (Å²) in [5, 5.41) is -0.211. The molecule has 2 aromatic rings. The van der Waals surface area contributed by atoms with Crippen molar-refractivity contribution >= 4 is 27.3 Å². The Kier molecular flexibility index (Phi) is 4.46. The number of hydrogen-bond donors (Lipinski definition) is 2. The second-order valence-electron chi connectivity index (χ2n) is 4.16. The van der Waals surface area contributed by atoms with Crippen molar-refractivity contribution in [2.75, 3.05) is 4.72 Å². The fraction of sp³-hybridized carbons (Fsp3) is 0.0769. The van der Waals surface area contributed by atoms with E-state index in [1.165, 1.54) is 18.2 Å². The molecule has 4 nitrogen and oxygen atoms in total. The van der Waals surface area contributed by atoms with Gasteiger partial charge in [0.25, 0.3) is 10.0 Å². The van der Waals surface area contributed by atoms with Gasteiger partial charge in [-0.05, 0) is 30.3 Å². The van der Waals surface area contributed by atoms with Gasteiger partial charge in [0.2, 0.25) is 0 Å². The summed E-state index contributed by atoms with van der Waals surface area (Å²) in [6.45, 7) is -0.152. The van der Waals surface area contributed by atoms with Crippen LogP contribution >= 0.6 is 11.6 Å². The third-order valence-corrected chi connectivity index (χ3v) is 4.40. The fourth-order valence-electron chi connectivity index (χ4n) is 1.66. The number of anilines is 1. The van der Waals surface area contributed by atoms with Crippen LogP contribution in [0.15, 0.2) is 41.3 Å². The fourth-order valence-corrected chi connectivity index (χ4v) is 2.95. The van der Waals surface area contributed by atoms with E-state index in [-0.39, 0.29) is 27.7 Å². The predicted octanol–water partition coefficient (Wildman–Crippen LogP) is 2.88. The highest BCUT2D eigenvalue weighted by molar-refractivity contribution is 7.92. The third kappa shape index (κ3) is 3.31. The number of hydrogen-bond acceptors (Lipinski definition) is 3. The van der Waals surface area contributed by atoms with Gasteiger partial charge in [-0.1, -0.05) is 17.7 Å². The zero-order valence-electron chi connectivity index (χ0n) is 10.6. The van der Waals surface area contributed by atoms with Crippen LogP contribution in [0.2, 0.25) is 5.02 Å². The molecule has 2 rings (SSSR count). The van der Waals surface area contributed by atoms with E-state index in [9.17, 15) is 17.2 Å². The Hall–Kier alpha value is -1.70. The molecular formula is C13H11ClF2N2O2S. The lowest BCUT2D eigenvalue weighted by Gasteiger charge is -2.10. The predicted molar refractivity (Wildman–Crippen MR) is 76.5 cm³/mol. The van der Waals surface area contributed by atoms with Crippen LogP contribution in [-0.4, -0.2) is 8.42 Å². The minimum Gasteiger partial charge on any atom is -0.326 e. The Morgan fingerprint density at radius 3 is 2.57 bits per heavy atom. The summed E-state index contributed by atoms with van der Waals surface area (Å²) in [5.41, 5.74) is 5.08. The lowest BCUT2D eigenvalue weighted by Crippen LogP contribution is -2.15. The molecule has 0 amide bonds. The van der Waals surface area contributed by atoms with E-state index >= 15 is 0 Å². The molecule has 0 saturated heterocycles. The number of rotatable bonds is 4. The van der Waals surface area contributed by atoms with Gasteiger partial charge in [0.1, 0.15) is 5.82 Å². The van der Waals surface area contributed by atoms with Crippen molar-refractivity contribution < 1.29 is 17.2 Å². The lowest BCUT2D eigenvalue weighted by atomic mass is 10.2. The summed E-state index contributed by atoms with van der Waals surface area (Å²) in [5.74, 6) is -1.49. The molecule has 0 aromatic heterocycles. The molecule has 0 spiro atoms. The average molecular weight is 333 g/mol. The first-order valence-electron chi connectivity index (χ1n) is 5.80. The zero-order chi connectivity index (χ0) is 15.6. The molecule has 112 valence electrons. The second-order valence-corrected chi connectivity index (χ2v) is 6.25. The van der Waals surface area contributed by atoms with E-state index in [1.807, 2.05) is 0 Å². The van der Waals surface area contributed by atoms with Gasteiger partial charge in [0.15, 0.2) is 5.82 Å². The van der Waals surface area contributed by atoms with Crippen LogP contribution in [0.5, 0.6) is 0 Å². The van der Waals surface area contributed by atoms with Gasteiger partial charge in [-0.15, -0.1) is 0 Å². The van der Waals surface area contributed by atoms with Crippen molar-refractivity contribution in [1.82, 2.24) is 0 Å². The topological polar surface area (TPSA) is 72.2 Å². The molecule has 0 saturated carbocycles. The summed E-state index contributed by atoms with van der Waals surface area (Å²) in [4.78, 5) is -0.219. The average Bonchev–Trinajstić information content (AvgIpc) is 2.44. The Balaban J connectivity index is 2.41. The van der Waals surface area contributed by atoms with Gasteiger partial charge in [-0.2, -0.15) is 0 Å². The molecule has 2 aromatic carbocycles. The van der Waals surface area contributed by atoms with Crippen molar-refractivity contribution in [2.24, 2.45) is 5.73 Å². The molecule has 3 N–H and O–H groups in total. The molecule has 0 aliphatic heterocycles. The van der Waals surface area contributed by atoms with Gasteiger partial charge in [0.05, 0.1) is 15.6 Å². The molecule has 0 fully saturated rings. The first-order chi connectivity index (χ1) is 9.85. The molecule has 0 aliphatic rings. The Labute approximate surface area is 125 Å². The monoisotopic (exact) mass is 332 g/mol. The molecule has 0 atom stereocenters. The van der Waals surface area contributed by atoms with Crippen molar-refractivity contribution in [3.05, 3.63) is 58.6 Å². The largest absolute Gasteiger partial charge is 0.326 e. The summed E-state index contributed by atoms with van der Waals surface area (Å²) in [6.07, 6.45) is 0. The number of sulfonamides is 1. The van der Waals surface area contributed by atoms with Gasteiger partial charge in [0, 0.05) is 12.1 Å². The molecule has 21 heavy (non-hydrogen) atoms. The van der Waals surface area contributed by atoms with Gasteiger partial charge in [-0.3, -0.25) is 4.72 Å². The molecular weight excluding hydrogens is 322 g/mol. The summed E-state index contributed by atoms with van der Waals surface area (Å²) < 4.78 is 53.4. The maximum absolute atomic E-state index is 13.7. The first-order valence-corrected chi connectivity index (χ1v) is 7.66. The molecule has 0 unspecified atom stereocenters. The smallest absolute Gasteiger partial charge is 0.262 e.